The summed E-state index contributed by atoms with van der Waals surface area (Å²) < 4.78 is 34.5. The Morgan fingerprint density at radius 1 is 1.23 bits per heavy atom. The van der Waals surface area contributed by atoms with Crippen LogP contribution in [-0.2, 0) is 30.5 Å². The minimum atomic E-state index is -3.45. The van der Waals surface area contributed by atoms with Gasteiger partial charge in [-0.05, 0) is 58.1 Å². The number of esters is 1. The first kappa shape index (κ1) is 25.1. The van der Waals surface area contributed by atoms with Gasteiger partial charge in [0.25, 0.3) is 0 Å². The molecule has 0 aliphatic carbocycles. The van der Waals surface area contributed by atoms with Crippen LogP contribution in [0.5, 0.6) is 0 Å². The predicted molar refractivity (Wildman–Crippen MR) is 118 cm³/mol. The van der Waals surface area contributed by atoms with Crippen LogP contribution in [0, 0.1) is 5.41 Å². The van der Waals surface area contributed by atoms with Crippen molar-refractivity contribution in [3.8, 4) is 0 Å². The number of sulfone groups is 1. The van der Waals surface area contributed by atoms with E-state index in [1.807, 2.05) is 26.8 Å². The van der Waals surface area contributed by atoms with Gasteiger partial charge in [-0.25, -0.2) is 13.2 Å². The average Bonchev–Trinajstić information content (AvgIpc) is 2.66. The fraction of sp³-hybridized carbons (Fsp3) is 0.636. The molecule has 1 aromatic carbocycles. The maximum Gasteiger partial charge on any atom is 0.410 e. The molecule has 1 aromatic rings. The van der Waals surface area contributed by atoms with E-state index in [1.165, 1.54) is 0 Å². The van der Waals surface area contributed by atoms with Gasteiger partial charge in [-0.3, -0.25) is 4.79 Å². The topological polar surface area (TPSA) is 116 Å². The first-order valence-corrected chi connectivity index (χ1v) is 12.4. The Bertz CT molecular complexity index is 899. The van der Waals surface area contributed by atoms with Crippen LogP contribution in [0.3, 0.4) is 0 Å². The number of carbonyl (C=O) groups excluding carboxylic acids is 2. The summed E-state index contributed by atoms with van der Waals surface area (Å²) in [6.07, 6.45) is 1.92. The summed E-state index contributed by atoms with van der Waals surface area (Å²) in [6, 6.07) is 6.98. The molecule has 1 aliphatic rings. The van der Waals surface area contributed by atoms with Gasteiger partial charge in [0.05, 0.1) is 12.0 Å². The van der Waals surface area contributed by atoms with Crippen LogP contribution in [0.1, 0.15) is 57.0 Å². The Balaban J connectivity index is 2.23. The molecule has 0 radical (unpaired) electrons. The van der Waals surface area contributed by atoms with Gasteiger partial charge >= 0.3 is 12.1 Å². The van der Waals surface area contributed by atoms with Crippen LogP contribution in [0.15, 0.2) is 24.3 Å². The number of likely N-dealkylation sites (tertiary alicyclic amines) is 1. The van der Waals surface area contributed by atoms with Gasteiger partial charge in [-0.1, -0.05) is 24.3 Å². The summed E-state index contributed by atoms with van der Waals surface area (Å²) in [7, 11) is -3.45. The number of hydrogen-bond donors (Lipinski definition) is 1. The van der Waals surface area contributed by atoms with E-state index in [4.69, 9.17) is 15.2 Å². The van der Waals surface area contributed by atoms with Crippen molar-refractivity contribution in [2.75, 3.05) is 26.0 Å². The first-order chi connectivity index (χ1) is 14.3. The van der Waals surface area contributed by atoms with Crippen LogP contribution in [0.25, 0.3) is 0 Å². The lowest BCUT2D eigenvalue weighted by Crippen LogP contribution is -2.49. The molecule has 0 spiro atoms. The lowest BCUT2D eigenvalue weighted by atomic mass is 9.73. The van der Waals surface area contributed by atoms with Crippen LogP contribution in [-0.4, -0.2) is 56.9 Å². The molecule has 1 aliphatic heterocycles. The Labute approximate surface area is 185 Å². The number of piperidine rings is 1. The zero-order valence-electron chi connectivity index (χ0n) is 19.0. The number of benzene rings is 1. The van der Waals surface area contributed by atoms with Crippen molar-refractivity contribution in [2.45, 2.75) is 57.9 Å². The number of amides is 1. The summed E-state index contributed by atoms with van der Waals surface area (Å²) in [6.45, 7) is 8.19. The summed E-state index contributed by atoms with van der Waals surface area (Å²) in [5.41, 5.74) is 5.76. The van der Waals surface area contributed by atoms with Crippen LogP contribution < -0.4 is 5.73 Å². The summed E-state index contributed by atoms with van der Waals surface area (Å²) >= 11 is 0. The highest BCUT2D eigenvalue weighted by Crippen LogP contribution is 2.37. The average molecular weight is 455 g/mol. The smallest absolute Gasteiger partial charge is 0.410 e. The van der Waals surface area contributed by atoms with Gasteiger partial charge in [-0.15, -0.1) is 0 Å². The highest BCUT2D eigenvalue weighted by atomic mass is 32.2. The lowest BCUT2D eigenvalue weighted by molar-refractivity contribution is -0.158. The molecule has 0 saturated carbocycles. The molecule has 1 saturated heterocycles. The second-order valence-electron chi connectivity index (χ2n) is 9.14. The van der Waals surface area contributed by atoms with Crippen molar-refractivity contribution in [1.82, 2.24) is 4.90 Å². The molecule has 1 atom stereocenters. The largest absolute Gasteiger partial charge is 0.466 e. The first-order valence-electron chi connectivity index (χ1n) is 10.5. The van der Waals surface area contributed by atoms with Gasteiger partial charge < -0.3 is 20.1 Å². The Kier molecular flexibility index (Phi) is 7.75. The molecule has 1 unspecified atom stereocenters. The van der Waals surface area contributed by atoms with E-state index >= 15 is 0 Å². The van der Waals surface area contributed by atoms with Crippen molar-refractivity contribution < 1.29 is 27.5 Å². The van der Waals surface area contributed by atoms with Gasteiger partial charge in [0, 0.05) is 19.3 Å². The number of carbonyl (C=O) groups is 2. The standard InChI is InChI=1S/C22H34N2O6S/c1-6-29-19(25)22(10-12-24(13-11-22)20(26)30-21(2,3)4)15-16-8-7-9-17(14-16)18(23)31(5,27)28/h7-9,14,18H,6,10-13,15,23H2,1-5H3. The van der Waals surface area contributed by atoms with E-state index in [0.29, 0.717) is 37.9 Å². The molecule has 2 rings (SSSR count). The Morgan fingerprint density at radius 3 is 2.35 bits per heavy atom. The third kappa shape index (κ3) is 6.67. The van der Waals surface area contributed by atoms with Crippen molar-refractivity contribution in [3.05, 3.63) is 35.4 Å². The molecule has 0 aromatic heterocycles. The second kappa shape index (κ2) is 9.56. The fourth-order valence-corrected chi connectivity index (χ4v) is 4.34. The second-order valence-corrected chi connectivity index (χ2v) is 11.3. The molecule has 8 nitrogen and oxygen atoms in total. The molecule has 0 bridgehead atoms. The Hall–Kier alpha value is -2.13. The predicted octanol–water partition coefficient (Wildman–Crippen LogP) is 2.81. The quantitative estimate of drug-likeness (QED) is 0.657. The molecule has 1 heterocycles. The van der Waals surface area contributed by atoms with Gasteiger partial charge in [0.15, 0.2) is 9.84 Å². The zero-order valence-corrected chi connectivity index (χ0v) is 19.8. The van der Waals surface area contributed by atoms with Crippen LogP contribution in [0.4, 0.5) is 4.79 Å². The maximum atomic E-state index is 12.9. The van der Waals surface area contributed by atoms with E-state index in [1.54, 1.807) is 30.0 Å². The normalized spacial score (nSPS) is 17.7. The monoisotopic (exact) mass is 454 g/mol. The van der Waals surface area contributed by atoms with Gasteiger partial charge in [-0.2, -0.15) is 0 Å². The van der Waals surface area contributed by atoms with Gasteiger partial charge in [0.1, 0.15) is 11.0 Å². The van der Waals surface area contributed by atoms with E-state index < -0.39 is 32.3 Å². The van der Waals surface area contributed by atoms with Gasteiger partial charge in [0.2, 0.25) is 0 Å². The molecule has 9 heteroatoms. The highest BCUT2D eigenvalue weighted by Gasteiger charge is 2.44. The SMILES string of the molecule is CCOC(=O)C1(Cc2cccc(C(N)S(C)(=O)=O)c2)CCN(C(=O)OC(C)(C)C)CC1. The molecular formula is C22H34N2O6S. The van der Waals surface area contributed by atoms with E-state index in [2.05, 4.69) is 0 Å². The van der Waals surface area contributed by atoms with Crippen molar-refractivity contribution in [2.24, 2.45) is 11.1 Å². The zero-order chi connectivity index (χ0) is 23.4. The van der Waals surface area contributed by atoms with Crippen molar-refractivity contribution >= 4 is 21.9 Å². The van der Waals surface area contributed by atoms with Crippen molar-refractivity contribution in [3.63, 3.8) is 0 Å². The van der Waals surface area contributed by atoms with Crippen LogP contribution >= 0.6 is 0 Å². The van der Waals surface area contributed by atoms with Crippen molar-refractivity contribution in [1.29, 1.82) is 0 Å². The summed E-state index contributed by atoms with van der Waals surface area (Å²) in [5, 5.41) is -1.12. The summed E-state index contributed by atoms with van der Waals surface area (Å²) in [4.78, 5) is 26.9. The van der Waals surface area contributed by atoms with E-state index in [-0.39, 0.29) is 12.6 Å². The number of hydrogen-bond acceptors (Lipinski definition) is 7. The summed E-state index contributed by atoms with van der Waals surface area (Å²) in [5.74, 6) is -0.309. The number of rotatable bonds is 6. The molecule has 2 N–H and O–H groups in total. The number of nitrogens with two attached hydrogens (primary N) is 1. The molecule has 1 fully saturated rings. The minimum absolute atomic E-state index is 0.259. The Morgan fingerprint density at radius 2 is 1.84 bits per heavy atom. The van der Waals surface area contributed by atoms with E-state index in [9.17, 15) is 18.0 Å². The number of nitrogens with zero attached hydrogens (tertiary/aromatic N) is 1. The lowest BCUT2D eigenvalue weighted by Gasteiger charge is -2.40. The third-order valence-electron chi connectivity index (χ3n) is 5.36. The fourth-order valence-electron chi connectivity index (χ4n) is 3.70. The molecular weight excluding hydrogens is 420 g/mol. The molecule has 31 heavy (non-hydrogen) atoms. The maximum absolute atomic E-state index is 12.9. The number of ether oxygens (including phenoxy) is 2. The van der Waals surface area contributed by atoms with E-state index in [0.717, 1.165) is 11.8 Å². The molecule has 1 amide bonds. The highest BCUT2D eigenvalue weighted by molar-refractivity contribution is 7.90. The van der Waals surface area contributed by atoms with Crippen LogP contribution in [0.2, 0.25) is 0 Å². The minimum Gasteiger partial charge on any atom is -0.466 e. The molecule has 174 valence electrons. The third-order valence-corrected chi connectivity index (χ3v) is 6.56.